The summed E-state index contributed by atoms with van der Waals surface area (Å²) >= 11 is 0. The lowest BCUT2D eigenvalue weighted by molar-refractivity contribution is -0.137. The van der Waals surface area contributed by atoms with Gasteiger partial charge in [-0.1, -0.05) is 103 Å². The van der Waals surface area contributed by atoms with Crippen LogP contribution >= 0.6 is 0 Å². The van der Waals surface area contributed by atoms with Gasteiger partial charge in [-0.3, -0.25) is 0 Å². The van der Waals surface area contributed by atoms with Gasteiger partial charge >= 0.3 is 6.18 Å². The number of alkyl halides is 3. The van der Waals surface area contributed by atoms with E-state index >= 15 is 0 Å². The number of nitriles is 2. The van der Waals surface area contributed by atoms with Gasteiger partial charge in [0.2, 0.25) is 0 Å². The number of hydrogen-bond donors (Lipinski definition) is 0. The number of rotatable bonds is 3. The first-order valence-corrected chi connectivity index (χ1v) is 19.8. The van der Waals surface area contributed by atoms with Gasteiger partial charge in [0, 0.05) is 21.5 Å². The molecule has 0 spiro atoms. The largest absolute Gasteiger partial charge is 0.416 e. The second-order valence-electron chi connectivity index (χ2n) is 15.7. The number of nitrogens with zero attached hydrogens (tertiary/aromatic N) is 4. The van der Waals surface area contributed by atoms with E-state index < -0.39 is 11.7 Å². The van der Waals surface area contributed by atoms with Gasteiger partial charge in [0.25, 0.3) is 0 Å². The molecule has 2 aromatic heterocycles. The first kappa shape index (κ1) is 34.2. The fourth-order valence-electron chi connectivity index (χ4n) is 10.2. The minimum Gasteiger partial charge on any atom is -0.308 e. The number of benzene rings is 8. The third-order valence-corrected chi connectivity index (χ3v) is 12.7. The first-order valence-electron chi connectivity index (χ1n) is 19.8. The molecule has 0 unspecified atom stereocenters. The maximum atomic E-state index is 14.1. The summed E-state index contributed by atoms with van der Waals surface area (Å²) < 4.78 is 46.4. The minimum atomic E-state index is -4.63. The van der Waals surface area contributed by atoms with Crippen molar-refractivity contribution in [1.82, 2.24) is 9.13 Å². The Morgan fingerprint density at radius 2 is 0.967 bits per heavy atom. The van der Waals surface area contributed by atoms with Crippen molar-refractivity contribution in [2.45, 2.75) is 19.0 Å². The maximum Gasteiger partial charge on any atom is 0.416 e. The predicted octanol–water partition coefficient (Wildman–Crippen LogP) is 13.5. The van der Waals surface area contributed by atoms with Crippen LogP contribution in [0.5, 0.6) is 0 Å². The summed E-state index contributed by atoms with van der Waals surface area (Å²) in [6, 6.07) is 53.5. The fourth-order valence-corrected chi connectivity index (χ4v) is 10.2. The van der Waals surface area contributed by atoms with E-state index in [2.05, 4.69) is 118 Å². The topological polar surface area (TPSA) is 57.4 Å². The molecule has 282 valence electrons. The van der Waals surface area contributed by atoms with E-state index in [4.69, 9.17) is 0 Å². The lowest BCUT2D eigenvalue weighted by Crippen LogP contribution is -2.07. The third kappa shape index (κ3) is 4.66. The summed E-state index contributed by atoms with van der Waals surface area (Å²) in [4.78, 5) is 0. The molecule has 0 aliphatic heterocycles. The van der Waals surface area contributed by atoms with Crippen molar-refractivity contribution in [1.29, 1.82) is 10.5 Å². The fraction of sp³-hybridized carbons (Fsp3) is 0.0566. The third-order valence-electron chi connectivity index (χ3n) is 12.7. The Morgan fingerprint density at radius 3 is 1.47 bits per heavy atom. The Hall–Kier alpha value is -7.87. The molecule has 0 fully saturated rings. The number of para-hydroxylation sites is 2. The molecule has 2 heterocycles. The van der Waals surface area contributed by atoms with Crippen LogP contribution < -0.4 is 0 Å². The van der Waals surface area contributed by atoms with Crippen LogP contribution in [0.1, 0.15) is 38.9 Å². The zero-order chi connectivity index (χ0) is 40.4. The lowest BCUT2D eigenvalue weighted by atomic mass is 9.95. The molecule has 0 amide bonds. The number of aromatic nitrogens is 2. The average molecular weight is 779 g/mol. The van der Waals surface area contributed by atoms with Crippen molar-refractivity contribution in [3.05, 3.63) is 191 Å². The molecule has 4 nitrogen and oxygen atoms in total. The molecule has 10 aromatic rings. The van der Waals surface area contributed by atoms with Crippen LogP contribution in [-0.2, 0) is 19.0 Å². The summed E-state index contributed by atoms with van der Waals surface area (Å²) in [6.45, 7) is 0. The van der Waals surface area contributed by atoms with Crippen molar-refractivity contribution in [2.24, 2.45) is 0 Å². The predicted molar refractivity (Wildman–Crippen MR) is 231 cm³/mol. The molecule has 0 saturated carbocycles. The van der Waals surface area contributed by atoms with Crippen LogP contribution in [0.3, 0.4) is 0 Å². The van der Waals surface area contributed by atoms with E-state index in [1.54, 1.807) is 0 Å². The van der Waals surface area contributed by atoms with E-state index in [0.717, 1.165) is 68.6 Å². The zero-order valence-electron chi connectivity index (χ0n) is 31.8. The minimum absolute atomic E-state index is 0.111. The van der Waals surface area contributed by atoms with Crippen LogP contribution in [0.25, 0.3) is 88.4 Å². The highest BCUT2D eigenvalue weighted by Gasteiger charge is 2.32. The van der Waals surface area contributed by atoms with Crippen LogP contribution in [0.4, 0.5) is 13.2 Å². The van der Waals surface area contributed by atoms with E-state index in [-0.39, 0.29) is 5.56 Å². The molecule has 0 bridgehead atoms. The van der Waals surface area contributed by atoms with Crippen LogP contribution in [0.2, 0.25) is 0 Å². The van der Waals surface area contributed by atoms with Gasteiger partial charge in [-0.25, -0.2) is 0 Å². The van der Waals surface area contributed by atoms with E-state index in [9.17, 15) is 23.7 Å². The van der Waals surface area contributed by atoms with Crippen molar-refractivity contribution in [2.75, 3.05) is 0 Å². The highest BCUT2D eigenvalue weighted by Crippen LogP contribution is 2.49. The van der Waals surface area contributed by atoms with Crippen molar-refractivity contribution in [3.63, 3.8) is 0 Å². The Kier molecular flexibility index (Phi) is 7.02. The summed E-state index contributed by atoms with van der Waals surface area (Å²) in [7, 11) is 0. The molecule has 8 aromatic carbocycles. The van der Waals surface area contributed by atoms with Gasteiger partial charge in [0.1, 0.15) is 11.6 Å². The zero-order valence-corrected chi connectivity index (χ0v) is 31.8. The summed E-state index contributed by atoms with van der Waals surface area (Å²) in [5.74, 6) is 0. The van der Waals surface area contributed by atoms with E-state index in [1.165, 1.54) is 50.6 Å². The standard InChI is InChI=1S/C53H29F3N4/c54-53(55,56)36-19-20-37(35(25-36)28-57)34-26-47(59-43-15-7-5-13-40(43)51-45(59)21-17-32-23-30-9-1-3-11-38(30)49(32)51)42(29-58)48(27-34)60-44-16-8-6-14-41(44)52-46(60)22-18-33-24-31-10-2-4-12-39(31)50(33)52/h1-22,25-27H,23-24H2. The Bertz CT molecular complexity index is 3430. The molecule has 0 saturated heterocycles. The molecule has 60 heavy (non-hydrogen) atoms. The Morgan fingerprint density at radius 1 is 0.467 bits per heavy atom. The van der Waals surface area contributed by atoms with Gasteiger partial charge in [0.15, 0.2) is 0 Å². The van der Waals surface area contributed by atoms with Crippen molar-refractivity contribution in [3.8, 4) is 56.9 Å². The van der Waals surface area contributed by atoms with Crippen molar-refractivity contribution < 1.29 is 13.2 Å². The smallest absolute Gasteiger partial charge is 0.308 e. The summed E-state index contributed by atoms with van der Waals surface area (Å²) in [5, 5.41) is 26.1. The monoisotopic (exact) mass is 778 g/mol. The second kappa shape index (κ2) is 12.3. The SMILES string of the molecule is N#Cc1cc(C(F)(F)F)ccc1-c1cc(-n2c3ccccc3c3c4c(ccc32)Cc2ccccc2-4)c(C#N)c(-n2c3ccccc3c3c4c(ccc32)Cc2ccccc2-4)c1. The highest BCUT2D eigenvalue weighted by atomic mass is 19.4. The van der Waals surface area contributed by atoms with Crippen LogP contribution in [0.15, 0.2) is 152 Å². The van der Waals surface area contributed by atoms with Gasteiger partial charge < -0.3 is 9.13 Å². The van der Waals surface area contributed by atoms with E-state index in [0.29, 0.717) is 28.1 Å². The molecular formula is C53H29F3N4. The lowest BCUT2D eigenvalue weighted by Gasteiger charge is -2.19. The average Bonchev–Trinajstić information content (AvgIpc) is 4.02. The molecule has 7 heteroatoms. The van der Waals surface area contributed by atoms with Gasteiger partial charge in [0.05, 0.1) is 50.6 Å². The molecule has 2 aliphatic rings. The Balaban J connectivity index is 1.23. The summed E-state index contributed by atoms with van der Waals surface area (Å²) in [6.07, 6.45) is -3.00. The van der Waals surface area contributed by atoms with Crippen molar-refractivity contribution >= 4 is 43.6 Å². The second-order valence-corrected chi connectivity index (χ2v) is 15.7. The summed E-state index contributed by atoms with van der Waals surface area (Å²) in [5.41, 5.74) is 14.6. The first-order chi connectivity index (χ1) is 29.3. The molecular weight excluding hydrogens is 750 g/mol. The molecule has 0 N–H and O–H groups in total. The van der Waals surface area contributed by atoms with Gasteiger partial charge in [-0.15, -0.1) is 0 Å². The Labute approximate surface area is 341 Å². The van der Waals surface area contributed by atoms with Gasteiger partial charge in [-0.05, 0) is 117 Å². The molecule has 0 radical (unpaired) electrons. The molecule has 12 rings (SSSR count). The number of fused-ring (bicyclic) bond motifs is 14. The molecule has 2 aliphatic carbocycles. The maximum absolute atomic E-state index is 14.1. The van der Waals surface area contributed by atoms with E-state index in [1.807, 2.05) is 36.4 Å². The molecule has 0 atom stereocenters. The quantitative estimate of drug-likeness (QED) is 0.179. The van der Waals surface area contributed by atoms with Crippen LogP contribution in [0, 0.1) is 22.7 Å². The normalized spacial score (nSPS) is 12.8. The van der Waals surface area contributed by atoms with Crippen LogP contribution in [-0.4, -0.2) is 9.13 Å². The highest BCUT2D eigenvalue weighted by molar-refractivity contribution is 6.19. The van der Waals surface area contributed by atoms with Gasteiger partial charge in [-0.2, -0.15) is 23.7 Å². The number of halogens is 3. The number of hydrogen-bond acceptors (Lipinski definition) is 2.